The topological polar surface area (TPSA) is 66.7 Å². The van der Waals surface area contributed by atoms with Crippen LogP contribution in [0.3, 0.4) is 0 Å². The molecular formula is C13H14N4O. The maximum Gasteiger partial charge on any atom is 0.137 e. The molecule has 0 radical (unpaired) electrons. The predicted octanol–water partition coefficient (Wildman–Crippen LogP) is 1.34. The summed E-state index contributed by atoms with van der Waals surface area (Å²) in [5.74, 6) is 0. The van der Waals surface area contributed by atoms with Gasteiger partial charge in [0.25, 0.3) is 0 Å². The molecule has 1 aromatic carbocycles. The highest BCUT2D eigenvalue weighted by molar-refractivity contribution is 5.81. The molecule has 3 rings (SSSR count). The molecule has 0 aliphatic heterocycles. The van der Waals surface area contributed by atoms with Crippen LogP contribution in [0.25, 0.3) is 10.9 Å². The summed E-state index contributed by atoms with van der Waals surface area (Å²) >= 11 is 0. The lowest BCUT2D eigenvalue weighted by Gasteiger charge is -2.00. The predicted molar refractivity (Wildman–Crippen MR) is 68.2 cm³/mol. The first-order chi connectivity index (χ1) is 8.85. The number of H-pyrrole nitrogens is 1. The van der Waals surface area contributed by atoms with Crippen LogP contribution in [-0.2, 0) is 13.0 Å². The standard InChI is InChI=1S/C13H14N4O/c18-4-3-12-6-11-5-10(1-2-13(11)16-12)7-17-9-14-8-15-17/h1-2,5-6,8-9,16,18H,3-4,7H2. The van der Waals surface area contributed by atoms with Crippen molar-refractivity contribution in [1.82, 2.24) is 19.7 Å². The average Bonchev–Trinajstić information content (AvgIpc) is 2.98. The minimum absolute atomic E-state index is 0.165. The maximum atomic E-state index is 8.93. The zero-order valence-electron chi connectivity index (χ0n) is 9.87. The molecule has 0 aliphatic rings. The van der Waals surface area contributed by atoms with Crippen molar-refractivity contribution in [2.45, 2.75) is 13.0 Å². The van der Waals surface area contributed by atoms with Gasteiger partial charge in [-0.1, -0.05) is 6.07 Å². The molecule has 3 aromatic rings. The summed E-state index contributed by atoms with van der Waals surface area (Å²) in [4.78, 5) is 7.21. The second-order valence-electron chi connectivity index (χ2n) is 4.28. The van der Waals surface area contributed by atoms with Gasteiger partial charge < -0.3 is 10.1 Å². The van der Waals surface area contributed by atoms with Crippen molar-refractivity contribution in [3.8, 4) is 0 Å². The second-order valence-corrected chi connectivity index (χ2v) is 4.28. The van der Waals surface area contributed by atoms with E-state index in [1.165, 1.54) is 11.9 Å². The van der Waals surface area contributed by atoms with Crippen LogP contribution in [0.15, 0.2) is 36.9 Å². The van der Waals surface area contributed by atoms with Crippen LogP contribution in [0.2, 0.25) is 0 Å². The number of aliphatic hydroxyl groups is 1. The van der Waals surface area contributed by atoms with Crippen molar-refractivity contribution in [2.75, 3.05) is 6.61 Å². The van der Waals surface area contributed by atoms with Crippen molar-refractivity contribution in [3.05, 3.63) is 48.2 Å². The van der Waals surface area contributed by atoms with E-state index < -0.39 is 0 Å². The first kappa shape index (κ1) is 11.0. The second kappa shape index (κ2) is 4.62. The lowest BCUT2D eigenvalue weighted by atomic mass is 10.1. The van der Waals surface area contributed by atoms with Gasteiger partial charge in [0.1, 0.15) is 12.7 Å². The Hall–Kier alpha value is -2.14. The van der Waals surface area contributed by atoms with Gasteiger partial charge >= 0.3 is 0 Å². The summed E-state index contributed by atoms with van der Waals surface area (Å²) in [5.41, 5.74) is 3.34. The van der Waals surface area contributed by atoms with Crippen LogP contribution in [0.5, 0.6) is 0 Å². The average molecular weight is 242 g/mol. The molecular weight excluding hydrogens is 228 g/mol. The number of fused-ring (bicyclic) bond motifs is 1. The van der Waals surface area contributed by atoms with Crippen LogP contribution in [0, 0.1) is 0 Å². The van der Waals surface area contributed by atoms with E-state index in [0.717, 1.165) is 23.1 Å². The summed E-state index contributed by atoms with van der Waals surface area (Å²) in [7, 11) is 0. The maximum absolute atomic E-state index is 8.93. The highest BCUT2D eigenvalue weighted by Crippen LogP contribution is 2.18. The molecule has 92 valence electrons. The third kappa shape index (κ3) is 2.12. The largest absolute Gasteiger partial charge is 0.396 e. The number of benzene rings is 1. The van der Waals surface area contributed by atoms with Crippen LogP contribution in [0.1, 0.15) is 11.3 Å². The zero-order chi connectivity index (χ0) is 12.4. The van der Waals surface area contributed by atoms with E-state index >= 15 is 0 Å². The van der Waals surface area contributed by atoms with Crippen molar-refractivity contribution in [2.24, 2.45) is 0 Å². The Kier molecular flexibility index (Phi) is 2.82. The lowest BCUT2D eigenvalue weighted by molar-refractivity contribution is 0.298. The Morgan fingerprint density at radius 3 is 3.00 bits per heavy atom. The van der Waals surface area contributed by atoms with Crippen LogP contribution >= 0.6 is 0 Å². The Morgan fingerprint density at radius 2 is 2.22 bits per heavy atom. The van der Waals surface area contributed by atoms with Gasteiger partial charge in [0, 0.05) is 24.2 Å². The monoisotopic (exact) mass is 242 g/mol. The van der Waals surface area contributed by atoms with Gasteiger partial charge in [0.15, 0.2) is 0 Å². The summed E-state index contributed by atoms with van der Waals surface area (Å²) in [6.07, 6.45) is 3.90. The Morgan fingerprint density at radius 1 is 1.28 bits per heavy atom. The SMILES string of the molecule is OCCc1cc2cc(Cn3cncn3)ccc2[nH]1. The van der Waals surface area contributed by atoms with Crippen molar-refractivity contribution >= 4 is 10.9 Å². The summed E-state index contributed by atoms with van der Waals surface area (Å²) < 4.78 is 1.79. The summed E-state index contributed by atoms with van der Waals surface area (Å²) in [6, 6.07) is 8.34. The summed E-state index contributed by atoms with van der Waals surface area (Å²) in [6.45, 7) is 0.884. The smallest absolute Gasteiger partial charge is 0.137 e. The molecule has 2 heterocycles. The number of nitrogens with one attached hydrogen (secondary N) is 1. The fourth-order valence-electron chi connectivity index (χ4n) is 2.10. The van der Waals surface area contributed by atoms with Crippen molar-refractivity contribution < 1.29 is 5.11 Å². The number of aromatic amines is 1. The molecule has 0 fully saturated rings. The molecule has 0 saturated heterocycles. The number of nitrogens with zero attached hydrogens (tertiary/aromatic N) is 3. The van der Waals surface area contributed by atoms with E-state index in [1.807, 2.05) is 0 Å². The third-order valence-electron chi connectivity index (χ3n) is 2.93. The summed E-state index contributed by atoms with van der Waals surface area (Å²) in [5, 5.41) is 14.2. The molecule has 0 atom stereocenters. The number of hydrogen-bond acceptors (Lipinski definition) is 3. The number of aliphatic hydroxyl groups excluding tert-OH is 1. The van der Waals surface area contributed by atoms with Crippen LogP contribution < -0.4 is 0 Å². The van der Waals surface area contributed by atoms with Crippen LogP contribution in [-0.4, -0.2) is 31.5 Å². The molecule has 2 aromatic heterocycles. The molecule has 18 heavy (non-hydrogen) atoms. The Bertz CT molecular complexity index is 642. The fourth-order valence-corrected chi connectivity index (χ4v) is 2.10. The Balaban J connectivity index is 1.90. The van der Waals surface area contributed by atoms with Gasteiger partial charge in [0.2, 0.25) is 0 Å². The molecule has 2 N–H and O–H groups in total. The van der Waals surface area contributed by atoms with Gasteiger partial charge in [-0.25, -0.2) is 9.67 Å². The molecule has 0 unspecified atom stereocenters. The van der Waals surface area contributed by atoms with Gasteiger partial charge in [0.05, 0.1) is 6.54 Å². The molecule has 0 amide bonds. The van der Waals surface area contributed by atoms with Crippen LogP contribution in [0.4, 0.5) is 0 Å². The highest BCUT2D eigenvalue weighted by Gasteiger charge is 2.02. The van der Waals surface area contributed by atoms with E-state index in [0.29, 0.717) is 6.42 Å². The number of aromatic nitrogens is 4. The molecule has 0 bridgehead atoms. The van der Waals surface area contributed by atoms with Crippen molar-refractivity contribution in [1.29, 1.82) is 0 Å². The first-order valence-electron chi connectivity index (χ1n) is 5.89. The highest BCUT2D eigenvalue weighted by atomic mass is 16.3. The zero-order valence-corrected chi connectivity index (χ0v) is 9.87. The van der Waals surface area contributed by atoms with Gasteiger partial charge in [-0.05, 0) is 29.1 Å². The molecule has 5 heteroatoms. The lowest BCUT2D eigenvalue weighted by Crippen LogP contribution is -1.99. The number of hydrogen-bond donors (Lipinski definition) is 2. The molecule has 0 aliphatic carbocycles. The van der Waals surface area contributed by atoms with Crippen molar-refractivity contribution in [3.63, 3.8) is 0 Å². The van der Waals surface area contributed by atoms with E-state index in [2.05, 4.69) is 39.3 Å². The van der Waals surface area contributed by atoms with Gasteiger partial charge in [-0.15, -0.1) is 0 Å². The van der Waals surface area contributed by atoms with Gasteiger partial charge in [-0.2, -0.15) is 5.10 Å². The van der Waals surface area contributed by atoms with E-state index in [-0.39, 0.29) is 6.61 Å². The first-order valence-corrected chi connectivity index (χ1v) is 5.89. The van der Waals surface area contributed by atoms with E-state index in [9.17, 15) is 0 Å². The minimum Gasteiger partial charge on any atom is -0.396 e. The van der Waals surface area contributed by atoms with E-state index in [1.54, 1.807) is 11.0 Å². The minimum atomic E-state index is 0.165. The van der Waals surface area contributed by atoms with E-state index in [4.69, 9.17) is 5.11 Å². The quantitative estimate of drug-likeness (QED) is 0.725. The molecule has 0 spiro atoms. The fraction of sp³-hybridized carbons (Fsp3) is 0.231. The normalized spacial score (nSPS) is 11.2. The molecule has 0 saturated carbocycles. The number of rotatable bonds is 4. The molecule has 5 nitrogen and oxygen atoms in total. The van der Waals surface area contributed by atoms with Gasteiger partial charge in [-0.3, -0.25) is 0 Å². The third-order valence-corrected chi connectivity index (χ3v) is 2.93. The Labute approximate surface area is 104 Å².